The van der Waals surface area contributed by atoms with Gasteiger partial charge in [-0.25, -0.2) is 8.78 Å². The summed E-state index contributed by atoms with van der Waals surface area (Å²) in [6, 6.07) is 2.90. The van der Waals surface area contributed by atoms with Gasteiger partial charge in [-0.15, -0.1) is 10.2 Å². The Labute approximate surface area is 145 Å². The highest BCUT2D eigenvalue weighted by Crippen LogP contribution is 2.34. The van der Waals surface area contributed by atoms with Crippen molar-refractivity contribution in [2.24, 2.45) is 0 Å². The zero-order valence-electron chi connectivity index (χ0n) is 14.2. The molecule has 0 spiro atoms. The molecule has 5 nitrogen and oxygen atoms in total. The number of likely N-dealkylation sites (tertiary alicyclic amines) is 1. The number of aliphatic hydroxyl groups is 1. The number of halogens is 2. The molecular formula is C18H22F2N4O. The lowest BCUT2D eigenvalue weighted by atomic mass is 9.84. The van der Waals surface area contributed by atoms with E-state index in [-0.39, 0.29) is 18.2 Å². The van der Waals surface area contributed by atoms with E-state index in [2.05, 4.69) is 21.7 Å². The van der Waals surface area contributed by atoms with Crippen LogP contribution in [0.3, 0.4) is 0 Å². The lowest BCUT2D eigenvalue weighted by Gasteiger charge is -2.43. The highest BCUT2D eigenvalue weighted by molar-refractivity contribution is 5.27. The number of hydrogen-bond donors (Lipinski definition) is 1. The standard InChI is InChI=1S/C18H22F2N4O/c1-13-5-7-24(8-6-13)14(2)18(25,10-23-11-21-22-12-23)16-4-3-15(19)9-17(16)20/h3-4,9,11-12,14,25H,1,5-8,10H2,2H3. The molecule has 0 radical (unpaired) electrons. The van der Waals surface area contributed by atoms with Crippen molar-refractivity contribution in [1.29, 1.82) is 0 Å². The zero-order valence-corrected chi connectivity index (χ0v) is 14.2. The van der Waals surface area contributed by atoms with Crippen LogP contribution in [0.25, 0.3) is 0 Å². The molecule has 1 aromatic carbocycles. The molecule has 2 atom stereocenters. The van der Waals surface area contributed by atoms with Gasteiger partial charge < -0.3 is 9.67 Å². The molecule has 1 aromatic heterocycles. The van der Waals surface area contributed by atoms with Crippen molar-refractivity contribution in [2.75, 3.05) is 13.1 Å². The van der Waals surface area contributed by atoms with Gasteiger partial charge in [-0.3, -0.25) is 4.90 Å². The minimum atomic E-state index is -1.56. The predicted octanol–water partition coefficient (Wildman–Crippen LogP) is 2.48. The Balaban J connectivity index is 1.97. The molecule has 0 amide bonds. The topological polar surface area (TPSA) is 54.2 Å². The minimum absolute atomic E-state index is 0.0690. The lowest BCUT2D eigenvalue weighted by Crippen LogP contribution is -2.53. The molecular weight excluding hydrogens is 326 g/mol. The number of aromatic nitrogens is 3. The summed E-state index contributed by atoms with van der Waals surface area (Å²) in [4.78, 5) is 2.11. The van der Waals surface area contributed by atoms with Gasteiger partial charge >= 0.3 is 0 Å². The number of piperidine rings is 1. The molecule has 1 N–H and O–H groups in total. The number of benzene rings is 1. The Morgan fingerprint density at radius 2 is 1.88 bits per heavy atom. The van der Waals surface area contributed by atoms with Crippen LogP contribution >= 0.6 is 0 Å². The summed E-state index contributed by atoms with van der Waals surface area (Å²) in [7, 11) is 0. The van der Waals surface area contributed by atoms with E-state index in [4.69, 9.17) is 0 Å². The highest BCUT2D eigenvalue weighted by atomic mass is 19.1. The van der Waals surface area contributed by atoms with Gasteiger partial charge in [-0.2, -0.15) is 0 Å². The SMILES string of the molecule is C=C1CCN(C(C)C(O)(Cn2cnnc2)c2ccc(F)cc2F)CC1. The fraction of sp³-hybridized carbons (Fsp3) is 0.444. The normalized spacial score (nSPS) is 19.6. The van der Waals surface area contributed by atoms with E-state index in [0.29, 0.717) is 0 Å². The molecule has 2 unspecified atom stereocenters. The smallest absolute Gasteiger partial charge is 0.132 e. The quantitative estimate of drug-likeness (QED) is 0.844. The maximum Gasteiger partial charge on any atom is 0.132 e. The molecule has 134 valence electrons. The van der Waals surface area contributed by atoms with Crippen molar-refractivity contribution in [2.45, 2.75) is 38.0 Å². The maximum absolute atomic E-state index is 14.5. The van der Waals surface area contributed by atoms with Crippen LogP contribution in [0.4, 0.5) is 8.78 Å². The molecule has 0 bridgehead atoms. The Kier molecular flexibility index (Phi) is 4.96. The molecule has 1 fully saturated rings. The maximum atomic E-state index is 14.5. The third-order valence-corrected chi connectivity index (χ3v) is 5.03. The molecule has 1 saturated heterocycles. The van der Waals surface area contributed by atoms with Crippen molar-refractivity contribution in [1.82, 2.24) is 19.7 Å². The average Bonchev–Trinajstić information content (AvgIpc) is 3.07. The first kappa shape index (κ1) is 17.7. The average molecular weight is 348 g/mol. The van der Waals surface area contributed by atoms with Crippen molar-refractivity contribution >= 4 is 0 Å². The number of nitrogens with zero attached hydrogens (tertiary/aromatic N) is 4. The van der Waals surface area contributed by atoms with E-state index >= 15 is 0 Å². The molecule has 3 rings (SSSR count). The molecule has 25 heavy (non-hydrogen) atoms. The second-order valence-electron chi connectivity index (χ2n) is 6.64. The second-order valence-corrected chi connectivity index (χ2v) is 6.64. The molecule has 1 aliphatic heterocycles. The van der Waals surface area contributed by atoms with Gasteiger partial charge in [0.25, 0.3) is 0 Å². The largest absolute Gasteiger partial charge is 0.382 e. The van der Waals surface area contributed by atoms with E-state index in [1.807, 2.05) is 6.92 Å². The fourth-order valence-corrected chi connectivity index (χ4v) is 3.39. The minimum Gasteiger partial charge on any atom is -0.382 e. The number of rotatable bonds is 5. The summed E-state index contributed by atoms with van der Waals surface area (Å²) in [6.45, 7) is 7.42. The lowest BCUT2D eigenvalue weighted by molar-refractivity contribution is -0.0636. The Morgan fingerprint density at radius 3 is 2.48 bits per heavy atom. The van der Waals surface area contributed by atoms with Gasteiger partial charge in [0.05, 0.1) is 6.54 Å². The first-order valence-electron chi connectivity index (χ1n) is 8.31. The molecule has 0 aliphatic carbocycles. The van der Waals surface area contributed by atoms with Gasteiger partial charge in [0.15, 0.2) is 0 Å². The summed E-state index contributed by atoms with van der Waals surface area (Å²) in [5.74, 6) is -1.43. The van der Waals surface area contributed by atoms with Crippen LogP contribution in [0.2, 0.25) is 0 Å². The van der Waals surface area contributed by atoms with E-state index in [9.17, 15) is 13.9 Å². The molecule has 7 heteroatoms. The zero-order chi connectivity index (χ0) is 18.0. The van der Waals surface area contributed by atoms with Gasteiger partial charge in [0, 0.05) is 30.8 Å². The van der Waals surface area contributed by atoms with E-state index in [0.717, 1.165) is 32.0 Å². The van der Waals surface area contributed by atoms with Crippen LogP contribution in [-0.2, 0) is 12.1 Å². The van der Waals surface area contributed by atoms with Crippen molar-refractivity contribution in [3.05, 3.63) is 60.2 Å². The Morgan fingerprint density at radius 1 is 1.24 bits per heavy atom. The van der Waals surface area contributed by atoms with Crippen molar-refractivity contribution in [3.8, 4) is 0 Å². The summed E-state index contributed by atoms with van der Waals surface area (Å²) < 4.78 is 29.4. The molecule has 0 saturated carbocycles. The van der Waals surface area contributed by atoms with Gasteiger partial charge in [-0.05, 0) is 25.8 Å². The summed E-state index contributed by atoms with van der Waals surface area (Å²) in [5.41, 5.74) is -0.308. The Bertz CT molecular complexity index is 740. The molecule has 2 aromatic rings. The van der Waals surface area contributed by atoms with Crippen LogP contribution < -0.4 is 0 Å². The molecule has 1 aliphatic rings. The Hall–Kier alpha value is -2.12. The van der Waals surface area contributed by atoms with E-state index in [1.54, 1.807) is 4.57 Å². The van der Waals surface area contributed by atoms with Gasteiger partial charge in [-0.1, -0.05) is 18.2 Å². The summed E-state index contributed by atoms with van der Waals surface area (Å²) in [5, 5.41) is 19.0. The number of hydrogen-bond acceptors (Lipinski definition) is 4. The van der Waals surface area contributed by atoms with Crippen molar-refractivity contribution < 1.29 is 13.9 Å². The van der Waals surface area contributed by atoms with Crippen LogP contribution in [0.5, 0.6) is 0 Å². The third kappa shape index (κ3) is 3.62. The highest BCUT2D eigenvalue weighted by Gasteiger charge is 2.42. The summed E-state index contributed by atoms with van der Waals surface area (Å²) in [6.07, 6.45) is 4.63. The van der Waals surface area contributed by atoms with Crippen LogP contribution in [-0.4, -0.2) is 43.9 Å². The third-order valence-electron chi connectivity index (χ3n) is 5.03. The van der Waals surface area contributed by atoms with Gasteiger partial charge in [0.2, 0.25) is 0 Å². The second kappa shape index (κ2) is 7.01. The van der Waals surface area contributed by atoms with Crippen LogP contribution in [0.1, 0.15) is 25.3 Å². The van der Waals surface area contributed by atoms with E-state index in [1.165, 1.54) is 30.4 Å². The monoisotopic (exact) mass is 348 g/mol. The fourth-order valence-electron chi connectivity index (χ4n) is 3.39. The summed E-state index contributed by atoms with van der Waals surface area (Å²) >= 11 is 0. The first-order chi connectivity index (χ1) is 11.9. The van der Waals surface area contributed by atoms with Crippen molar-refractivity contribution in [3.63, 3.8) is 0 Å². The van der Waals surface area contributed by atoms with Gasteiger partial charge in [0.1, 0.15) is 29.9 Å². The molecule has 2 heterocycles. The van der Waals surface area contributed by atoms with Crippen LogP contribution in [0.15, 0.2) is 43.0 Å². The van der Waals surface area contributed by atoms with Crippen LogP contribution in [0, 0.1) is 11.6 Å². The first-order valence-corrected chi connectivity index (χ1v) is 8.31. The predicted molar refractivity (Wildman–Crippen MR) is 89.7 cm³/mol. The van der Waals surface area contributed by atoms with E-state index < -0.39 is 17.2 Å².